The van der Waals surface area contributed by atoms with E-state index in [1.54, 1.807) is 0 Å². The van der Waals surface area contributed by atoms with E-state index in [0.717, 1.165) is 11.0 Å². The van der Waals surface area contributed by atoms with Gasteiger partial charge in [-0.1, -0.05) is 12.1 Å². The van der Waals surface area contributed by atoms with Crippen LogP contribution in [0, 0.1) is 10.1 Å². The number of nitro groups is 1. The van der Waals surface area contributed by atoms with Crippen molar-refractivity contribution in [1.82, 2.24) is 9.55 Å². The Kier molecular flexibility index (Phi) is 4.54. The molecule has 8 heteroatoms. The predicted molar refractivity (Wildman–Crippen MR) is 99.8 cm³/mol. The van der Waals surface area contributed by atoms with E-state index in [0.29, 0.717) is 5.95 Å². The summed E-state index contributed by atoms with van der Waals surface area (Å²) >= 11 is 3.12. The zero-order valence-corrected chi connectivity index (χ0v) is 15.1. The van der Waals surface area contributed by atoms with Crippen LogP contribution in [0.4, 0.5) is 11.6 Å². The zero-order chi connectivity index (χ0) is 18.1. The van der Waals surface area contributed by atoms with E-state index in [4.69, 9.17) is 0 Å². The lowest BCUT2D eigenvalue weighted by molar-refractivity contribution is -0.385. The van der Waals surface area contributed by atoms with Gasteiger partial charge in [-0.3, -0.25) is 10.1 Å². The fourth-order valence-corrected chi connectivity index (χ4v) is 3.03. The fourth-order valence-electron chi connectivity index (χ4n) is 2.57. The lowest BCUT2D eigenvalue weighted by Gasteiger charge is -2.10. The highest BCUT2D eigenvalue weighted by Gasteiger charge is 2.15. The molecule has 0 amide bonds. The number of halogens is 1. The monoisotopic (exact) mass is 402 g/mol. The van der Waals surface area contributed by atoms with Gasteiger partial charge in [0.1, 0.15) is 5.75 Å². The first-order valence-electron chi connectivity index (χ1n) is 7.56. The number of aliphatic imine (C=N–C) groups is 1. The number of aromatic nitrogens is 2. The molecule has 0 aliphatic carbocycles. The minimum Gasteiger partial charge on any atom is -0.506 e. The molecule has 3 rings (SSSR count). The van der Waals surface area contributed by atoms with Gasteiger partial charge in [-0.05, 0) is 41.9 Å². The number of non-ortho nitro benzene ring substituents is 1. The van der Waals surface area contributed by atoms with E-state index in [1.807, 2.05) is 42.7 Å². The summed E-state index contributed by atoms with van der Waals surface area (Å²) in [6, 6.07) is 10.3. The van der Waals surface area contributed by atoms with Gasteiger partial charge in [0.05, 0.1) is 20.4 Å². The van der Waals surface area contributed by atoms with Crippen molar-refractivity contribution in [3.05, 3.63) is 56.5 Å². The Hall–Kier alpha value is -2.74. The van der Waals surface area contributed by atoms with Gasteiger partial charge in [0.15, 0.2) is 0 Å². The Morgan fingerprint density at radius 2 is 2.08 bits per heavy atom. The number of fused-ring (bicyclic) bond motifs is 1. The van der Waals surface area contributed by atoms with Crippen LogP contribution in [0.3, 0.4) is 0 Å². The molecule has 0 unspecified atom stereocenters. The second kappa shape index (κ2) is 6.64. The first kappa shape index (κ1) is 17.1. The van der Waals surface area contributed by atoms with E-state index in [9.17, 15) is 15.2 Å². The van der Waals surface area contributed by atoms with Crippen LogP contribution < -0.4 is 0 Å². The number of hydrogen-bond donors (Lipinski definition) is 1. The summed E-state index contributed by atoms with van der Waals surface area (Å²) in [6.45, 7) is 4.04. The van der Waals surface area contributed by atoms with Gasteiger partial charge in [0.2, 0.25) is 5.95 Å². The number of nitrogens with zero attached hydrogens (tertiary/aromatic N) is 4. The fraction of sp³-hybridized carbons (Fsp3) is 0.176. The Balaban J connectivity index is 2.10. The zero-order valence-electron chi connectivity index (χ0n) is 13.5. The van der Waals surface area contributed by atoms with Gasteiger partial charge in [-0.2, -0.15) is 0 Å². The van der Waals surface area contributed by atoms with Gasteiger partial charge in [-0.15, -0.1) is 0 Å². The number of benzene rings is 2. The molecule has 25 heavy (non-hydrogen) atoms. The molecule has 1 heterocycles. The van der Waals surface area contributed by atoms with E-state index in [1.165, 1.54) is 18.3 Å². The molecule has 0 fully saturated rings. The maximum absolute atomic E-state index is 11.0. The van der Waals surface area contributed by atoms with Crippen LogP contribution in [0.1, 0.15) is 25.5 Å². The summed E-state index contributed by atoms with van der Waals surface area (Å²) in [6.07, 6.45) is 1.38. The highest BCUT2D eigenvalue weighted by molar-refractivity contribution is 9.10. The van der Waals surface area contributed by atoms with Crippen molar-refractivity contribution in [2.24, 2.45) is 4.99 Å². The molecule has 0 bridgehead atoms. The van der Waals surface area contributed by atoms with Crippen LogP contribution in [-0.2, 0) is 0 Å². The van der Waals surface area contributed by atoms with Crippen molar-refractivity contribution in [3.8, 4) is 5.75 Å². The third-order valence-electron chi connectivity index (χ3n) is 3.70. The van der Waals surface area contributed by atoms with Crippen molar-refractivity contribution < 1.29 is 10.0 Å². The molecule has 3 aromatic rings. The van der Waals surface area contributed by atoms with Gasteiger partial charge < -0.3 is 9.67 Å². The van der Waals surface area contributed by atoms with Gasteiger partial charge >= 0.3 is 0 Å². The quantitative estimate of drug-likeness (QED) is 0.387. The summed E-state index contributed by atoms with van der Waals surface area (Å²) < 4.78 is 2.20. The van der Waals surface area contributed by atoms with Crippen molar-refractivity contribution in [2.45, 2.75) is 19.9 Å². The molecular formula is C17H15BrN4O3. The molecule has 128 valence electrons. The number of hydrogen-bond acceptors (Lipinski definition) is 5. The average Bonchev–Trinajstić information content (AvgIpc) is 2.94. The topological polar surface area (TPSA) is 93.5 Å². The Labute approximate surface area is 151 Å². The molecule has 0 radical (unpaired) electrons. The second-order valence-corrected chi connectivity index (χ2v) is 6.60. The SMILES string of the molecule is CC(C)n1c(N=Cc2cc([N+](=O)[O-])cc(Br)c2O)nc2ccccc21. The number of imidazole rings is 1. The first-order valence-corrected chi connectivity index (χ1v) is 8.35. The van der Waals surface area contributed by atoms with Crippen LogP contribution in [0.15, 0.2) is 45.9 Å². The molecule has 1 aromatic heterocycles. The van der Waals surface area contributed by atoms with Crippen LogP contribution >= 0.6 is 15.9 Å². The Morgan fingerprint density at radius 1 is 1.36 bits per heavy atom. The number of para-hydroxylation sites is 2. The Morgan fingerprint density at radius 3 is 2.76 bits per heavy atom. The summed E-state index contributed by atoms with van der Waals surface area (Å²) in [5, 5.41) is 21.1. The highest BCUT2D eigenvalue weighted by atomic mass is 79.9. The smallest absolute Gasteiger partial charge is 0.271 e. The van der Waals surface area contributed by atoms with Crippen LogP contribution in [0.5, 0.6) is 5.75 Å². The molecule has 0 aliphatic rings. The minimum absolute atomic E-state index is 0.110. The van der Waals surface area contributed by atoms with Crippen molar-refractivity contribution >= 4 is 44.8 Å². The maximum Gasteiger partial charge on any atom is 0.271 e. The van der Waals surface area contributed by atoms with Crippen molar-refractivity contribution in [1.29, 1.82) is 0 Å². The third-order valence-corrected chi connectivity index (χ3v) is 4.31. The summed E-state index contributed by atoms with van der Waals surface area (Å²) in [5.74, 6) is 0.361. The largest absolute Gasteiger partial charge is 0.506 e. The molecule has 0 aliphatic heterocycles. The Bertz CT molecular complexity index is 995. The number of phenolic OH excluding ortho intramolecular Hbond substituents is 1. The molecule has 0 atom stereocenters. The van der Waals surface area contributed by atoms with Gasteiger partial charge in [0.25, 0.3) is 5.69 Å². The predicted octanol–water partition coefficient (Wildman–Crippen LogP) is 4.74. The molecule has 2 aromatic carbocycles. The van der Waals surface area contributed by atoms with Crippen molar-refractivity contribution in [3.63, 3.8) is 0 Å². The normalized spacial score (nSPS) is 11.7. The summed E-state index contributed by atoms with van der Waals surface area (Å²) in [4.78, 5) is 19.3. The molecule has 1 N–H and O–H groups in total. The molecule has 0 saturated carbocycles. The third kappa shape index (κ3) is 3.25. The first-order chi connectivity index (χ1) is 11.9. The molecular weight excluding hydrogens is 388 g/mol. The van der Waals surface area contributed by atoms with E-state index < -0.39 is 4.92 Å². The number of nitro benzene ring substituents is 1. The average molecular weight is 403 g/mol. The molecule has 0 saturated heterocycles. The van der Waals surface area contributed by atoms with Gasteiger partial charge in [-0.25, -0.2) is 9.98 Å². The van der Waals surface area contributed by atoms with Gasteiger partial charge in [0, 0.05) is 30.0 Å². The second-order valence-electron chi connectivity index (χ2n) is 5.75. The summed E-state index contributed by atoms with van der Waals surface area (Å²) in [5.41, 5.74) is 1.87. The minimum atomic E-state index is -0.523. The highest BCUT2D eigenvalue weighted by Crippen LogP contribution is 2.32. The van der Waals surface area contributed by atoms with E-state index in [2.05, 4.69) is 25.9 Å². The van der Waals surface area contributed by atoms with Crippen molar-refractivity contribution in [2.75, 3.05) is 0 Å². The van der Waals surface area contributed by atoms with E-state index >= 15 is 0 Å². The van der Waals surface area contributed by atoms with Crippen LogP contribution in [-0.4, -0.2) is 25.8 Å². The summed E-state index contributed by atoms with van der Waals surface area (Å²) in [7, 11) is 0. The van der Waals surface area contributed by atoms with Crippen LogP contribution in [0.2, 0.25) is 0 Å². The van der Waals surface area contributed by atoms with E-state index in [-0.39, 0.29) is 27.5 Å². The molecule has 0 spiro atoms. The standard InChI is InChI=1S/C17H15BrN4O3/c1-10(2)21-15-6-4-3-5-14(15)20-17(21)19-9-11-7-12(22(24)25)8-13(18)16(11)23/h3-10,23H,1-2H3. The van der Waals surface area contributed by atoms with Crippen LogP contribution in [0.25, 0.3) is 11.0 Å². The lowest BCUT2D eigenvalue weighted by Crippen LogP contribution is -2.00. The maximum atomic E-state index is 11.0. The molecule has 7 nitrogen and oxygen atoms in total. The number of phenols is 1. The lowest BCUT2D eigenvalue weighted by atomic mass is 10.2. The number of rotatable bonds is 4. The number of aromatic hydroxyl groups is 1.